The molecule has 1 atom stereocenters. The number of likely N-dealkylation sites (tertiary alicyclic amines) is 1. The van der Waals surface area contributed by atoms with Gasteiger partial charge in [-0.05, 0) is 41.0 Å². The van der Waals surface area contributed by atoms with Crippen molar-refractivity contribution in [1.82, 2.24) is 4.90 Å². The molecule has 108 valence electrons. The van der Waals surface area contributed by atoms with Crippen molar-refractivity contribution in [1.29, 1.82) is 0 Å². The summed E-state index contributed by atoms with van der Waals surface area (Å²) in [7, 11) is 1.39. The highest BCUT2D eigenvalue weighted by atomic mass is 79.9. The van der Waals surface area contributed by atoms with Crippen LogP contribution < -0.4 is 5.32 Å². The molecule has 0 saturated carbocycles. The van der Waals surface area contributed by atoms with Crippen LogP contribution in [0.5, 0.6) is 0 Å². The summed E-state index contributed by atoms with van der Waals surface area (Å²) < 4.78 is 5.58. The van der Waals surface area contributed by atoms with Gasteiger partial charge < -0.3 is 10.1 Å². The number of methoxy groups -OCH3 is 1. The zero-order valence-corrected chi connectivity index (χ0v) is 12.9. The molecule has 6 heteroatoms. The van der Waals surface area contributed by atoms with Crippen LogP contribution in [-0.4, -0.2) is 43.5 Å². The van der Waals surface area contributed by atoms with Crippen molar-refractivity contribution >= 4 is 33.5 Å². The average molecular weight is 341 g/mol. The third kappa shape index (κ3) is 3.80. The second-order valence-corrected chi connectivity index (χ2v) is 5.63. The lowest BCUT2D eigenvalue weighted by molar-refractivity contribution is -0.145. The monoisotopic (exact) mass is 340 g/mol. The first kappa shape index (κ1) is 15.0. The van der Waals surface area contributed by atoms with E-state index in [9.17, 15) is 9.59 Å². The van der Waals surface area contributed by atoms with Gasteiger partial charge in [-0.25, -0.2) is 0 Å². The van der Waals surface area contributed by atoms with Gasteiger partial charge in [0.25, 0.3) is 0 Å². The van der Waals surface area contributed by atoms with E-state index in [1.54, 1.807) is 0 Å². The fourth-order valence-corrected chi connectivity index (χ4v) is 2.67. The number of halogens is 1. The van der Waals surface area contributed by atoms with Crippen molar-refractivity contribution in [3.63, 3.8) is 0 Å². The minimum atomic E-state index is -0.196. The van der Waals surface area contributed by atoms with Gasteiger partial charge >= 0.3 is 5.97 Å². The first-order valence-electron chi connectivity index (χ1n) is 6.44. The number of anilines is 1. The van der Waals surface area contributed by atoms with Crippen LogP contribution in [0.1, 0.15) is 6.42 Å². The number of esters is 1. The molecule has 1 aliphatic heterocycles. The molecule has 1 amide bonds. The summed E-state index contributed by atoms with van der Waals surface area (Å²) in [6, 6.07) is 7.46. The molecule has 1 N–H and O–H groups in total. The van der Waals surface area contributed by atoms with Gasteiger partial charge in [0.1, 0.15) is 0 Å². The number of nitrogens with zero attached hydrogens (tertiary/aromatic N) is 1. The molecule has 2 rings (SSSR count). The summed E-state index contributed by atoms with van der Waals surface area (Å²) in [5.41, 5.74) is 0.751. The lowest BCUT2D eigenvalue weighted by atomic mass is 10.1. The second kappa shape index (κ2) is 6.85. The molecular formula is C14H17BrN2O3. The van der Waals surface area contributed by atoms with Gasteiger partial charge in [-0.1, -0.05) is 12.1 Å². The summed E-state index contributed by atoms with van der Waals surface area (Å²) in [5.74, 6) is -0.391. The Morgan fingerprint density at radius 1 is 1.45 bits per heavy atom. The summed E-state index contributed by atoms with van der Waals surface area (Å²) in [6.07, 6.45) is 0.745. The number of hydrogen-bond donors (Lipinski definition) is 1. The van der Waals surface area contributed by atoms with E-state index in [4.69, 9.17) is 4.74 Å². The number of rotatable bonds is 4. The Bertz CT molecular complexity index is 507. The van der Waals surface area contributed by atoms with Crippen LogP contribution in [0.25, 0.3) is 0 Å². The van der Waals surface area contributed by atoms with Crippen molar-refractivity contribution in [2.75, 3.05) is 32.1 Å². The van der Waals surface area contributed by atoms with E-state index in [1.807, 2.05) is 29.2 Å². The molecule has 1 unspecified atom stereocenters. The summed E-state index contributed by atoms with van der Waals surface area (Å²) in [6.45, 7) is 1.61. The Hall–Kier alpha value is -1.40. The van der Waals surface area contributed by atoms with Crippen LogP contribution in [0.15, 0.2) is 28.7 Å². The van der Waals surface area contributed by atoms with E-state index in [1.165, 1.54) is 7.11 Å². The van der Waals surface area contributed by atoms with Gasteiger partial charge in [-0.3, -0.25) is 14.5 Å². The van der Waals surface area contributed by atoms with Gasteiger partial charge in [0.15, 0.2) is 0 Å². The molecule has 5 nitrogen and oxygen atoms in total. The standard InChI is InChI=1S/C14H17BrN2O3/c1-20-14(19)10-6-7-17(8-10)9-13(18)16-12-5-3-2-4-11(12)15/h2-5,10H,6-9H2,1H3,(H,16,18). The largest absolute Gasteiger partial charge is 0.469 e. The summed E-state index contributed by atoms with van der Waals surface area (Å²) in [4.78, 5) is 25.4. The summed E-state index contributed by atoms with van der Waals surface area (Å²) >= 11 is 3.39. The van der Waals surface area contributed by atoms with Crippen LogP contribution in [0, 0.1) is 5.92 Å². The number of para-hydroxylation sites is 1. The third-order valence-electron chi connectivity index (χ3n) is 3.32. The maximum atomic E-state index is 12.0. The minimum absolute atomic E-state index is 0.0811. The number of hydrogen-bond acceptors (Lipinski definition) is 4. The van der Waals surface area contributed by atoms with Crippen LogP contribution in [0.4, 0.5) is 5.69 Å². The molecule has 1 aromatic rings. The SMILES string of the molecule is COC(=O)C1CCN(CC(=O)Nc2ccccc2Br)C1. The van der Waals surface area contributed by atoms with Gasteiger partial charge in [-0.15, -0.1) is 0 Å². The number of ether oxygens (including phenoxy) is 1. The Morgan fingerprint density at radius 2 is 2.20 bits per heavy atom. The van der Waals surface area contributed by atoms with Crippen LogP contribution in [-0.2, 0) is 14.3 Å². The van der Waals surface area contributed by atoms with Gasteiger partial charge in [-0.2, -0.15) is 0 Å². The molecular weight excluding hydrogens is 324 g/mol. The molecule has 20 heavy (non-hydrogen) atoms. The van der Waals surface area contributed by atoms with Gasteiger partial charge in [0, 0.05) is 11.0 Å². The van der Waals surface area contributed by atoms with Crippen molar-refractivity contribution in [2.24, 2.45) is 5.92 Å². The lowest BCUT2D eigenvalue weighted by Gasteiger charge is -2.15. The quantitative estimate of drug-likeness (QED) is 0.850. The maximum absolute atomic E-state index is 12.0. The topological polar surface area (TPSA) is 58.6 Å². The number of amides is 1. The van der Waals surface area contributed by atoms with Crippen LogP contribution >= 0.6 is 15.9 Å². The van der Waals surface area contributed by atoms with E-state index in [-0.39, 0.29) is 24.3 Å². The average Bonchev–Trinajstić information content (AvgIpc) is 2.89. The lowest BCUT2D eigenvalue weighted by Crippen LogP contribution is -2.32. The zero-order chi connectivity index (χ0) is 14.5. The fourth-order valence-electron chi connectivity index (χ4n) is 2.29. The van der Waals surface area contributed by atoms with E-state index < -0.39 is 0 Å². The number of nitrogens with one attached hydrogen (secondary N) is 1. The first-order valence-corrected chi connectivity index (χ1v) is 7.24. The smallest absolute Gasteiger partial charge is 0.310 e. The number of carbonyl (C=O) groups excluding carboxylic acids is 2. The Morgan fingerprint density at radius 3 is 2.90 bits per heavy atom. The molecule has 1 aromatic carbocycles. The third-order valence-corrected chi connectivity index (χ3v) is 4.01. The van der Waals surface area contributed by atoms with Crippen LogP contribution in [0.3, 0.4) is 0 Å². The van der Waals surface area contributed by atoms with E-state index >= 15 is 0 Å². The highest BCUT2D eigenvalue weighted by molar-refractivity contribution is 9.10. The molecule has 1 heterocycles. The Kier molecular flexibility index (Phi) is 5.14. The van der Waals surface area contributed by atoms with Crippen molar-refractivity contribution in [3.05, 3.63) is 28.7 Å². The molecule has 0 bridgehead atoms. The predicted molar refractivity (Wildman–Crippen MR) is 79.3 cm³/mol. The van der Waals surface area contributed by atoms with Crippen molar-refractivity contribution < 1.29 is 14.3 Å². The normalized spacial score (nSPS) is 18.8. The molecule has 1 saturated heterocycles. The first-order chi connectivity index (χ1) is 9.60. The second-order valence-electron chi connectivity index (χ2n) is 4.77. The van der Waals surface area contributed by atoms with Crippen LogP contribution in [0.2, 0.25) is 0 Å². The van der Waals surface area contributed by atoms with Crippen molar-refractivity contribution in [3.8, 4) is 0 Å². The molecule has 1 fully saturated rings. The Balaban J connectivity index is 1.84. The molecule has 0 spiro atoms. The highest BCUT2D eigenvalue weighted by Crippen LogP contribution is 2.21. The van der Waals surface area contributed by atoms with E-state index in [0.29, 0.717) is 6.54 Å². The Labute approximate surface area is 126 Å². The van der Waals surface area contributed by atoms with E-state index in [0.717, 1.165) is 23.1 Å². The maximum Gasteiger partial charge on any atom is 0.310 e. The van der Waals surface area contributed by atoms with Gasteiger partial charge in [0.2, 0.25) is 5.91 Å². The fraction of sp³-hybridized carbons (Fsp3) is 0.429. The number of carbonyl (C=O) groups is 2. The zero-order valence-electron chi connectivity index (χ0n) is 11.3. The molecule has 0 aliphatic carbocycles. The van der Waals surface area contributed by atoms with E-state index in [2.05, 4.69) is 21.2 Å². The predicted octanol–water partition coefficient (Wildman–Crippen LogP) is 1.88. The highest BCUT2D eigenvalue weighted by Gasteiger charge is 2.29. The summed E-state index contributed by atoms with van der Waals surface area (Å²) in [5, 5.41) is 2.85. The molecule has 1 aliphatic rings. The van der Waals surface area contributed by atoms with Crippen molar-refractivity contribution in [2.45, 2.75) is 6.42 Å². The van der Waals surface area contributed by atoms with Gasteiger partial charge in [0.05, 0.1) is 25.3 Å². The minimum Gasteiger partial charge on any atom is -0.469 e. The number of benzene rings is 1. The molecule has 0 aromatic heterocycles. The molecule has 0 radical (unpaired) electrons.